The van der Waals surface area contributed by atoms with Crippen LogP contribution < -0.4 is 10.1 Å². The van der Waals surface area contributed by atoms with Gasteiger partial charge in [0.1, 0.15) is 5.75 Å². The average molecular weight is 300 g/mol. The van der Waals surface area contributed by atoms with Crippen LogP contribution in [0.1, 0.15) is 48.9 Å². The highest BCUT2D eigenvalue weighted by atomic mass is 16.5. The first-order valence-corrected chi connectivity index (χ1v) is 8.57. The van der Waals surface area contributed by atoms with E-state index in [0.717, 1.165) is 37.7 Å². The van der Waals surface area contributed by atoms with Crippen molar-refractivity contribution in [3.05, 3.63) is 29.8 Å². The van der Waals surface area contributed by atoms with E-state index in [1.165, 1.54) is 32.1 Å². The molecule has 1 aromatic rings. The van der Waals surface area contributed by atoms with Crippen molar-refractivity contribution < 1.29 is 9.53 Å². The molecule has 4 heteroatoms. The van der Waals surface area contributed by atoms with Crippen LogP contribution in [0.3, 0.4) is 0 Å². The molecular weight excluding hydrogens is 276 g/mol. The lowest BCUT2D eigenvalue weighted by Crippen LogP contribution is -2.57. The van der Waals surface area contributed by atoms with Crippen LogP contribution in [0.15, 0.2) is 24.3 Å². The second kappa shape index (κ2) is 5.58. The molecular formula is C18H24N2O2. The molecule has 22 heavy (non-hydrogen) atoms. The SMILES string of the molecule is O=C1NC2(CCN(CC3CCCCC3)C2)Oc2ccccc21. The van der Waals surface area contributed by atoms with Gasteiger partial charge in [-0.05, 0) is 30.9 Å². The van der Waals surface area contributed by atoms with E-state index < -0.39 is 5.72 Å². The van der Waals surface area contributed by atoms with Gasteiger partial charge in [0.15, 0.2) is 5.72 Å². The number of fused-ring (bicyclic) bond motifs is 1. The monoisotopic (exact) mass is 300 g/mol. The van der Waals surface area contributed by atoms with E-state index in [0.29, 0.717) is 5.56 Å². The van der Waals surface area contributed by atoms with Crippen LogP contribution in [0.4, 0.5) is 0 Å². The lowest BCUT2D eigenvalue weighted by atomic mass is 9.89. The molecule has 2 heterocycles. The van der Waals surface area contributed by atoms with Crippen molar-refractivity contribution in [3.63, 3.8) is 0 Å². The molecule has 0 aromatic heterocycles. The Morgan fingerprint density at radius 2 is 2.05 bits per heavy atom. The van der Waals surface area contributed by atoms with Crippen molar-refractivity contribution in [3.8, 4) is 5.75 Å². The lowest BCUT2D eigenvalue weighted by molar-refractivity contribution is 0.0236. The zero-order valence-electron chi connectivity index (χ0n) is 13.0. The van der Waals surface area contributed by atoms with Crippen LogP contribution in [-0.2, 0) is 0 Å². The highest BCUT2D eigenvalue weighted by Crippen LogP contribution is 2.34. The quantitative estimate of drug-likeness (QED) is 0.913. The fourth-order valence-corrected chi connectivity index (χ4v) is 4.19. The maximum Gasteiger partial charge on any atom is 0.258 e. The molecule has 1 aromatic carbocycles. The van der Waals surface area contributed by atoms with Crippen molar-refractivity contribution in [2.24, 2.45) is 5.92 Å². The Balaban J connectivity index is 1.44. The second-order valence-electron chi connectivity index (χ2n) is 7.04. The molecule has 1 atom stereocenters. The summed E-state index contributed by atoms with van der Waals surface area (Å²) in [4.78, 5) is 14.8. The summed E-state index contributed by atoms with van der Waals surface area (Å²) in [7, 11) is 0. The fourth-order valence-electron chi connectivity index (χ4n) is 4.19. The van der Waals surface area contributed by atoms with Gasteiger partial charge >= 0.3 is 0 Å². The second-order valence-corrected chi connectivity index (χ2v) is 7.04. The van der Waals surface area contributed by atoms with Gasteiger partial charge < -0.3 is 10.1 Å². The number of benzene rings is 1. The van der Waals surface area contributed by atoms with Gasteiger partial charge in [0.05, 0.1) is 12.1 Å². The van der Waals surface area contributed by atoms with Crippen molar-refractivity contribution >= 4 is 5.91 Å². The molecule has 1 saturated carbocycles. The van der Waals surface area contributed by atoms with Crippen LogP contribution in [0.2, 0.25) is 0 Å². The molecule has 1 spiro atoms. The number of hydrogen-bond donors (Lipinski definition) is 1. The van der Waals surface area contributed by atoms with Gasteiger partial charge in [-0.25, -0.2) is 0 Å². The number of carbonyl (C=O) groups excluding carboxylic acids is 1. The molecule has 1 aliphatic carbocycles. The average Bonchev–Trinajstić information content (AvgIpc) is 2.90. The van der Waals surface area contributed by atoms with Gasteiger partial charge in [-0.1, -0.05) is 31.4 Å². The first kappa shape index (κ1) is 14.1. The minimum atomic E-state index is -0.514. The molecule has 4 rings (SSSR count). The third-order valence-corrected chi connectivity index (χ3v) is 5.33. The van der Waals surface area contributed by atoms with E-state index in [9.17, 15) is 4.79 Å². The molecule has 0 radical (unpaired) electrons. The third-order valence-electron chi connectivity index (χ3n) is 5.33. The van der Waals surface area contributed by atoms with Gasteiger partial charge in [0.2, 0.25) is 0 Å². The Kier molecular flexibility index (Phi) is 3.57. The van der Waals surface area contributed by atoms with E-state index in [-0.39, 0.29) is 5.91 Å². The van der Waals surface area contributed by atoms with Gasteiger partial charge in [-0.3, -0.25) is 9.69 Å². The molecule has 1 saturated heterocycles. The Bertz CT molecular complexity index is 568. The molecule has 1 N–H and O–H groups in total. The maximum absolute atomic E-state index is 12.3. The van der Waals surface area contributed by atoms with Gasteiger partial charge in [0, 0.05) is 19.5 Å². The van der Waals surface area contributed by atoms with E-state index in [1.54, 1.807) is 0 Å². The van der Waals surface area contributed by atoms with Crippen LogP contribution >= 0.6 is 0 Å². The normalized spacial score (nSPS) is 29.2. The van der Waals surface area contributed by atoms with E-state index in [1.807, 2.05) is 24.3 Å². The number of hydrogen-bond acceptors (Lipinski definition) is 3. The smallest absolute Gasteiger partial charge is 0.258 e. The molecule has 4 nitrogen and oxygen atoms in total. The topological polar surface area (TPSA) is 41.6 Å². The summed E-state index contributed by atoms with van der Waals surface area (Å²) in [6.07, 6.45) is 7.75. The molecule has 1 unspecified atom stereocenters. The van der Waals surface area contributed by atoms with Gasteiger partial charge in [-0.15, -0.1) is 0 Å². The number of amides is 1. The van der Waals surface area contributed by atoms with Crippen LogP contribution in [-0.4, -0.2) is 36.2 Å². The van der Waals surface area contributed by atoms with Gasteiger partial charge in [-0.2, -0.15) is 0 Å². The molecule has 2 fully saturated rings. The summed E-state index contributed by atoms with van der Waals surface area (Å²) in [6, 6.07) is 7.54. The van der Waals surface area contributed by atoms with E-state index in [2.05, 4.69) is 10.2 Å². The van der Waals surface area contributed by atoms with Crippen molar-refractivity contribution in [1.82, 2.24) is 10.2 Å². The minimum Gasteiger partial charge on any atom is -0.466 e. The number of carbonyl (C=O) groups is 1. The molecule has 118 valence electrons. The Morgan fingerprint density at radius 3 is 2.91 bits per heavy atom. The maximum atomic E-state index is 12.3. The van der Waals surface area contributed by atoms with Gasteiger partial charge in [0.25, 0.3) is 5.91 Å². The number of nitrogens with zero attached hydrogens (tertiary/aromatic N) is 1. The van der Waals surface area contributed by atoms with Crippen LogP contribution in [0, 0.1) is 5.92 Å². The largest absolute Gasteiger partial charge is 0.466 e. The summed E-state index contributed by atoms with van der Waals surface area (Å²) in [5.74, 6) is 1.56. The molecule has 2 aliphatic heterocycles. The molecule has 3 aliphatic rings. The van der Waals surface area contributed by atoms with Crippen molar-refractivity contribution in [2.45, 2.75) is 44.2 Å². The Hall–Kier alpha value is -1.55. The Morgan fingerprint density at radius 1 is 1.23 bits per heavy atom. The first-order valence-electron chi connectivity index (χ1n) is 8.57. The lowest BCUT2D eigenvalue weighted by Gasteiger charge is -2.36. The van der Waals surface area contributed by atoms with E-state index in [4.69, 9.17) is 4.74 Å². The van der Waals surface area contributed by atoms with Crippen molar-refractivity contribution in [1.29, 1.82) is 0 Å². The zero-order valence-corrected chi connectivity index (χ0v) is 13.0. The fraction of sp³-hybridized carbons (Fsp3) is 0.611. The first-order chi connectivity index (χ1) is 10.7. The number of rotatable bonds is 2. The number of ether oxygens (including phenoxy) is 1. The summed E-state index contributed by atoms with van der Waals surface area (Å²) in [5.41, 5.74) is 0.138. The third kappa shape index (κ3) is 2.60. The summed E-state index contributed by atoms with van der Waals surface area (Å²) >= 11 is 0. The summed E-state index contributed by atoms with van der Waals surface area (Å²) < 4.78 is 6.20. The number of para-hydroxylation sites is 1. The molecule has 1 amide bonds. The highest BCUT2D eigenvalue weighted by molar-refractivity contribution is 5.98. The predicted molar refractivity (Wildman–Crippen MR) is 84.9 cm³/mol. The predicted octanol–water partition coefficient (Wildman–Crippen LogP) is 2.79. The number of nitrogens with one attached hydrogen (secondary N) is 1. The number of likely N-dealkylation sites (tertiary alicyclic amines) is 1. The summed E-state index contributed by atoms with van der Waals surface area (Å²) in [5, 5.41) is 3.11. The standard InChI is InChI=1S/C18H24N2O2/c21-17-15-8-4-5-9-16(15)22-18(19-17)10-11-20(13-18)12-14-6-2-1-3-7-14/h4-5,8-9,14H,1-3,6-7,10-13H2,(H,19,21). The van der Waals surface area contributed by atoms with E-state index >= 15 is 0 Å². The zero-order chi connectivity index (χ0) is 15.0. The molecule has 0 bridgehead atoms. The Labute approximate surface area is 131 Å². The minimum absolute atomic E-state index is 0.00127. The summed E-state index contributed by atoms with van der Waals surface area (Å²) in [6.45, 7) is 2.98. The highest BCUT2D eigenvalue weighted by Gasteiger charge is 2.45. The van der Waals surface area contributed by atoms with Crippen LogP contribution in [0.5, 0.6) is 5.75 Å². The van der Waals surface area contributed by atoms with Crippen molar-refractivity contribution in [2.75, 3.05) is 19.6 Å². The van der Waals surface area contributed by atoms with Crippen LogP contribution in [0.25, 0.3) is 0 Å².